The highest BCUT2D eigenvalue weighted by molar-refractivity contribution is 6.30. The molecular formula is C17H20Cl2N2O2. The van der Waals surface area contributed by atoms with Crippen LogP contribution in [0, 0.1) is 5.92 Å². The quantitative estimate of drug-likeness (QED) is 0.911. The normalized spacial score (nSPS) is 20.6. The van der Waals surface area contributed by atoms with Gasteiger partial charge in [0, 0.05) is 30.3 Å². The highest BCUT2D eigenvalue weighted by Crippen LogP contribution is 2.23. The zero-order valence-electron chi connectivity index (χ0n) is 12.7. The molecule has 4 nitrogen and oxygen atoms in total. The van der Waals surface area contributed by atoms with Crippen LogP contribution in [0.4, 0.5) is 0 Å². The summed E-state index contributed by atoms with van der Waals surface area (Å²) < 4.78 is 11.2. The molecule has 1 fully saturated rings. The van der Waals surface area contributed by atoms with Gasteiger partial charge in [0.1, 0.15) is 5.75 Å². The summed E-state index contributed by atoms with van der Waals surface area (Å²) >= 11 is 5.85. The molecule has 3 rings (SSSR count). The second-order valence-electron chi connectivity index (χ2n) is 5.48. The number of hydrogen-bond acceptors (Lipinski definition) is 4. The van der Waals surface area contributed by atoms with Gasteiger partial charge in [0.25, 0.3) is 0 Å². The molecule has 6 heteroatoms. The molecule has 0 bridgehead atoms. The van der Waals surface area contributed by atoms with Crippen LogP contribution in [0.25, 0.3) is 11.3 Å². The smallest absolute Gasteiger partial charge is 0.119 e. The lowest BCUT2D eigenvalue weighted by Crippen LogP contribution is -2.42. The zero-order chi connectivity index (χ0) is 15.4. The summed E-state index contributed by atoms with van der Waals surface area (Å²) in [5.74, 6) is 1.20. The summed E-state index contributed by atoms with van der Waals surface area (Å²) in [5.41, 5.74) is 7.96. The van der Waals surface area contributed by atoms with Gasteiger partial charge in [0.15, 0.2) is 0 Å². The molecule has 23 heavy (non-hydrogen) atoms. The van der Waals surface area contributed by atoms with Gasteiger partial charge in [-0.15, -0.1) is 12.4 Å². The van der Waals surface area contributed by atoms with Crippen LogP contribution < -0.4 is 10.5 Å². The molecule has 1 aromatic heterocycles. The number of hydrogen-bond donors (Lipinski definition) is 1. The van der Waals surface area contributed by atoms with Crippen LogP contribution in [0.15, 0.2) is 42.6 Å². The highest BCUT2D eigenvalue weighted by atomic mass is 35.5. The van der Waals surface area contributed by atoms with Gasteiger partial charge in [-0.3, -0.25) is 4.98 Å². The molecule has 1 aromatic carbocycles. The largest absolute Gasteiger partial charge is 0.493 e. The summed E-state index contributed by atoms with van der Waals surface area (Å²) in [5, 5.41) is 0.636. The van der Waals surface area contributed by atoms with E-state index in [2.05, 4.69) is 4.98 Å². The average molecular weight is 355 g/mol. The summed E-state index contributed by atoms with van der Waals surface area (Å²) in [6, 6.07) is 11.7. The number of pyridine rings is 1. The Balaban J connectivity index is 0.00000192. The number of ether oxygens (including phenoxy) is 2. The molecule has 0 radical (unpaired) electrons. The van der Waals surface area contributed by atoms with Crippen LogP contribution in [0.3, 0.4) is 0 Å². The van der Waals surface area contributed by atoms with Crippen LogP contribution in [0.1, 0.15) is 6.42 Å². The summed E-state index contributed by atoms with van der Waals surface area (Å²) in [6.45, 7) is 2.02. The molecule has 1 saturated heterocycles. The van der Waals surface area contributed by atoms with E-state index < -0.39 is 0 Å². The summed E-state index contributed by atoms with van der Waals surface area (Å²) in [6.07, 6.45) is 2.60. The lowest BCUT2D eigenvalue weighted by atomic mass is 9.97. The first kappa shape index (κ1) is 18.0. The molecule has 1 aliphatic heterocycles. The van der Waals surface area contributed by atoms with Crippen LogP contribution in [0.2, 0.25) is 5.02 Å². The van der Waals surface area contributed by atoms with E-state index in [0.717, 1.165) is 30.0 Å². The number of nitrogens with two attached hydrogens (primary N) is 1. The maximum atomic E-state index is 6.03. The molecular weight excluding hydrogens is 335 g/mol. The second-order valence-corrected chi connectivity index (χ2v) is 5.92. The fraction of sp³-hybridized carbons (Fsp3) is 0.353. The Labute approximate surface area is 147 Å². The predicted octanol–water partition coefficient (Wildman–Crippen LogP) is 3.57. The van der Waals surface area contributed by atoms with Gasteiger partial charge in [-0.25, -0.2) is 0 Å². The van der Waals surface area contributed by atoms with Gasteiger partial charge in [0.2, 0.25) is 0 Å². The van der Waals surface area contributed by atoms with Crippen LogP contribution in [-0.4, -0.2) is 30.8 Å². The highest BCUT2D eigenvalue weighted by Gasteiger charge is 2.22. The van der Waals surface area contributed by atoms with E-state index in [-0.39, 0.29) is 18.4 Å². The van der Waals surface area contributed by atoms with E-state index in [1.165, 1.54) is 0 Å². The molecule has 124 valence electrons. The maximum Gasteiger partial charge on any atom is 0.119 e. The van der Waals surface area contributed by atoms with E-state index in [1.807, 2.05) is 36.4 Å². The topological polar surface area (TPSA) is 57.4 Å². The van der Waals surface area contributed by atoms with Gasteiger partial charge in [-0.05, 0) is 42.8 Å². The lowest BCUT2D eigenvalue weighted by molar-refractivity contribution is 0.0328. The average Bonchev–Trinajstić information content (AvgIpc) is 2.55. The second kappa shape index (κ2) is 8.50. The Bertz CT molecular complexity index is 605. The van der Waals surface area contributed by atoms with Crippen LogP contribution in [0.5, 0.6) is 5.75 Å². The zero-order valence-corrected chi connectivity index (χ0v) is 14.2. The Morgan fingerprint density at radius 2 is 2.00 bits per heavy atom. The van der Waals surface area contributed by atoms with Gasteiger partial charge >= 0.3 is 0 Å². The van der Waals surface area contributed by atoms with Crippen molar-refractivity contribution >= 4 is 24.0 Å². The fourth-order valence-electron chi connectivity index (χ4n) is 2.48. The first-order chi connectivity index (χ1) is 10.7. The third-order valence-electron chi connectivity index (χ3n) is 3.89. The van der Waals surface area contributed by atoms with E-state index in [1.54, 1.807) is 6.20 Å². The van der Waals surface area contributed by atoms with E-state index in [4.69, 9.17) is 26.8 Å². The minimum Gasteiger partial charge on any atom is -0.493 e. The van der Waals surface area contributed by atoms with Gasteiger partial charge in [-0.2, -0.15) is 0 Å². The van der Waals surface area contributed by atoms with Crippen LogP contribution >= 0.6 is 24.0 Å². The molecule has 0 amide bonds. The van der Waals surface area contributed by atoms with Crippen molar-refractivity contribution < 1.29 is 9.47 Å². The van der Waals surface area contributed by atoms with E-state index in [0.29, 0.717) is 24.2 Å². The molecule has 1 aliphatic rings. The monoisotopic (exact) mass is 354 g/mol. The molecule has 0 saturated carbocycles. The standard InChI is InChI=1S/C17H19ClN2O2.ClH/c18-14-3-6-17(20-9-14)12-1-4-15(5-2-12)22-10-13-7-8-21-11-16(13)19;/h1-6,9,13,16H,7-8,10-11,19H2;1H/t13-,16+;/m1./s1. The Hall–Kier alpha value is -1.33. The molecule has 2 atom stereocenters. The van der Waals surface area contributed by atoms with E-state index >= 15 is 0 Å². The molecule has 0 spiro atoms. The Kier molecular flexibility index (Phi) is 6.66. The molecule has 0 unspecified atom stereocenters. The minimum atomic E-state index is 0. The Morgan fingerprint density at radius 3 is 2.65 bits per heavy atom. The van der Waals surface area contributed by atoms with Gasteiger partial charge in [0.05, 0.1) is 23.9 Å². The molecule has 2 N–H and O–H groups in total. The summed E-state index contributed by atoms with van der Waals surface area (Å²) in [4.78, 5) is 4.30. The number of aromatic nitrogens is 1. The predicted molar refractivity (Wildman–Crippen MR) is 94.3 cm³/mol. The first-order valence-corrected chi connectivity index (χ1v) is 7.78. The Morgan fingerprint density at radius 1 is 1.22 bits per heavy atom. The van der Waals surface area contributed by atoms with Crippen LogP contribution in [-0.2, 0) is 4.74 Å². The van der Waals surface area contributed by atoms with Crippen molar-refractivity contribution in [2.24, 2.45) is 11.7 Å². The molecule has 2 heterocycles. The van der Waals surface area contributed by atoms with Gasteiger partial charge < -0.3 is 15.2 Å². The molecule has 0 aliphatic carbocycles. The third-order valence-corrected chi connectivity index (χ3v) is 4.11. The minimum absolute atomic E-state index is 0. The number of rotatable bonds is 4. The third kappa shape index (κ3) is 4.82. The van der Waals surface area contributed by atoms with Crippen molar-refractivity contribution in [3.8, 4) is 17.0 Å². The van der Waals surface area contributed by atoms with Crippen molar-refractivity contribution in [1.82, 2.24) is 4.98 Å². The fourth-order valence-corrected chi connectivity index (χ4v) is 2.59. The van der Waals surface area contributed by atoms with Crippen molar-refractivity contribution in [2.45, 2.75) is 12.5 Å². The van der Waals surface area contributed by atoms with Gasteiger partial charge in [-0.1, -0.05) is 11.6 Å². The van der Waals surface area contributed by atoms with Crippen molar-refractivity contribution in [3.05, 3.63) is 47.6 Å². The number of halogens is 2. The van der Waals surface area contributed by atoms with Crippen molar-refractivity contribution in [3.63, 3.8) is 0 Å². The summed E-state index contributed by atoms with van der Waals surface area (Å²) in [7, 11) is 0. The lowest BCUT2D eigenvalue weighted by Gasteiger charge is -2.28. The van der Waals surface area contributed by atoms with Crippen molar-refractivity contribution in [1.29, 1.82) is 0 Å². The number of benzene rings is 1. The SMILES string of the molecule is Cl.N[C@H]1COCC[C@@H]1COc1ccc(-c2ccc(Cl)cn2)cc1. The number of nitrogens with zero attached hydrogens (tertiary/aromatic N) is 1. The van der Waals surface area contributed by atoms with Crippen molar-refractivity contribution in [2.75, 3.05) is 19.8 Å². The first-order valence-electron chi connectivity index (χ1n) is 7.40. The molecule has 2 aromatic rings. The maximum absolute atomic E-state index is 6.03. The van der Waals surface area contributed by atoms with E-state index in [9.17, 15) is 0 Å².